The van der Waals surface area contributed by atoms with E-state index in [1.165, 1.54) is 0 Å². The molecular weight excluding hydrogens is 128 g/mol. The molecule has 0 aromatic rings. The second kappa shape index (κ2) is 3.25. The zero-order valence-electron chi connectivity index (χ0n) is 6.48. The van der Waals surface area contributed by atoms with E-state index in [0.717, 1.165) is 0 Å². The van der Waals surface area contributed by atoms with E-state index in [9.17, 15) is 4.79 Å². The SMILES string of the molecule is C=CC(C)(C)CNC(N)=O. The molecule has 0 radical (unpaired) electrons. The Morgan fingerprint density at radius 2 is 2.30 bits per heavy atom. The van der Waals surface area contributed by atoms with Gasteiger partial charge in [-0.25, -0.2) is 4.79 Å². The summed E-state index contributed by atoms with van der Waals surface area (Å²) in [5.74, 6) is 0. The van der Waals surface area contributed by atoms with E-state index in [2.05, 4.69) is 11.9 Å². The number of urea groups is 1. The fraction of sp³-hybridized carbons (Fsp3) is 0.571. The lowest BCUT2D eigenvalue weighted by Crippen LogP contribution is -2.36. The molecule has 0 spiro atoms. The third kappa shape index (κ3) is 3.95. The van der Waals surface area contributed by atoms with Crippen LogP contribution in [-0.2, 0) is 0 Å². The van der Waals surface area contributed by atoms with Gasteiger partial charge < -0.3 is 11.1 Å². The lowest BCUT2D eigenvalue weighted by atomic mass is 9.94. The summed E-state index contributed by atoms with van der Waals surface area (Å²) in [6.45, 7) is 8.09. The number of rotatable bonds is 3. The average molecular weight is 142 g/mol. The van der Waals surface area contributed by atoms with E-state index in [0.29, 0.717) is 6.54 Å². The second-order valence-corrected chi connectivity index (χ2v) is 2.91. The first-order valence-corrected chi connectivity index (χ1v) is 3.15. The van der Waals surface area contributed by atoms with Gasteiger partial charge >= 0.3 is 6.03 Å². The monoisotopic (exact) mass is 142 g/mol. The smallest absolute Gasteiger partial charge is 0.312 e. The summed E-state index contributed by atoms with van der Waals surface area (Å²) >= 11 is 0. The largest absolute Gasteiger partial charge is 0.352 e. The molecule has 0 heterocycles. The van der Waals surface area contributed by atoms with Crippen molar-refractivity contribution in [3.8, 4) is 0 Å². The van der Waals surface area contributed by atoms with Crippen LogP contribution in [0.15, 0.2) is 12.7 Å². The van der Waals surface area contributed by atoms with Crippen LogP contribution in [0.3, 0.4) is 0 Å². The summed E-state index contributed by atoms with van der Waals surface area (Å²) < 4.78 is 0. The highest BCUT2D eigenvalue weighted by Gasteiger charge is 2.12. The zero-order chi connectivity index (χ0) is 8.20. The van der Waals surface area contributed by atoms with Crippen molar-refractivity contribution in [1.82, 2.24) is 5.32 Å². The third-order valence-electron chi connectivity index (χ3n) is 1.27. The molecule has 0 aliphatic heterocycles. The van der Waals surface area contributed by atoms with Crippen molar-refractivity contribution in [3.05, 3.63) is 12.7 Å². The molecule has 58 valence electrons. The first-order valence-electron chi connectivity index (χ1n) is 3.15. The number of nitrogens with two attached hydrogens (primary N) is 1. The molecule has 0 atom stereocenters. The van der Waals surface area contributed by atoms with Crippen molar-refractivity contribution in [3.63, 3.8) is 0 Å². The van der Waals surface area contributed by atoms with Gasteiger partial charge in [-0.05, 0) is 5.41 Å². The van der Waals surface area contributed by atoms with Gasteiger partial charge in [-0.15, -0.1) is 6.58 Å². The third-order valence-corrected chi connectivity index (χ3v) is 1.27. The van der Waals surface area contributed by atoms with Crippen molar-refractivity contribution in [2.45, 2.75) is 13.8 Å². The maximum absolute atomic E-state index is 10.2. The van der Waals surface area contributed by atoms with Crippen molar-refractivity contribution < 1.29 is 4.79 Å². The quantitative estimate of drug-likeness (QED) is 0.564. The van der Waals surface area contributed by atoms with Crippen molar-refractivity contribution in [1.29, 1.82) is 0 Å². The highest BCUT2D eigenvalue weighted by molar-refractivity contribution is 5.71. The first kappa shape index (κ1) is 9.01. The minimum atomic E-state index is -0.491. The molecule has 0 aromatic carbocycles. The predicted molar refractivity (Wildman–Crippen MR) is 41.6 cm³/mol. The van der Waals surface area contributed by atoms with Gasteiger partial charge in [0.1, 0.15) is 0 Å². The average Bonchev–Trinajstić information content (AvgIpc) is 1.85. The number of hydrogen-bond donors (Lipinski definition) is 2. The molecule has 0 unspecified atom stereocenters. The van der Waals surface area contributed by atoms with E-state index >= 15 is 0 Å². The number of nitrogens with one attached hydrogen (secondary N) is 1. The summed E-state index contributed by atoms with van der Waals surface area (Å²) in [7, 11) is 0. The van der Waals surface area contributed by atoms with Gasteiger partial charge in [-0.3, -0.25) is 0 Å². The van der Waals surface area contributed by atoms with Gasteiger partial charge in [-0.1, -0.05) is 19.9 Å². The lowest BCUT2D eigenvalue weighted by molar-refractivity contribution is 0.245. The second-order valence-electron chi connectivity index (χ2n) is 2.91. The predicted octanol–water partition coefficient (Wildman–Crippen LogP) is 0.867. The molecule has 0 rings (SSSR count). The molecule has 2 amide bonds. The summed E-state index contributed by atoms with van der Waals surface area (Å²) in [4.78, 5) is 10.2. The molecule has 0 fully saturated rings. The maximum atomic E-state index is 10.2. The van der Waals surface area contributed by atoms with Gasteiger partial charge in [0, 0.05) is 6.54 Å². The Balaban J connectivity index is 3.67. The Kier molecular flexibility index (Phi) is 2.93. The summed E-state index contributed by atoms with van der Waals surface area (Å²) in [5, 5.41) is 2.50. The van der Waals surface area contributed by atoms with Gasteiger partial charge in [-0.2, -0.15) is 0 Å². The van der Waals surface area contributed by atoms with Crippen molar-refractivity contribution in [2.75, 3.05) is 6.54 Å². The Morgan fingerprint density at radius 1 is 1.80 bits per heavy atom. The molecule has 0 saturated heterocycles. The summed E-state index contributed by atoms with van der Waals surface area (Å²) in [5.41, 5.74) is 4.80. The van der Waals surface area contributed by atoms with Crippen LogP contribution < -0.4 is 11.1 Å². The van der Waals surface area contributed by atoms with Crippen LogP contribution in [0, 0.1) is 5.41 Å². The molecule has 3 N–H and O–H groups in total. The van der Waals surface area contributed by atoms with Crippen LogP contribution in [0.4, 0.5) is 4.79 Å². The van der Waals surface area contributed by atoms with Gasteiger partial charge in [0.05, 0.1) is 0 Å². The van der Waals surface area contributed by atoms with Crippen LogP contribution in [-0.4, -0.2) is 12.6 Å². The topological polar surface area (TPSA) is 55.1 Å². The van der Waals surface area contributed by atoms with Gasteiger partial charge in [0.25, 0.3) is 0 Å². The molecule has 0 aliphatic carbocycles. The van der Waals surface area contributed by atoms with Crippen LogP contribution in [0.5, 0.6) is 0 Å². The standard InChI is InChI=1S/C7H14N2O/c1-4-7(2,3)5-9-6(8)10/h4H,1,5H2,2-3H3,(H3,8,9,10). The fourth-order valence-electron chi connectivity index (χ4n) is 0.387. The number of carbonyl (C=O) groups is 1. The minimum Gasteiger partial charge on any atom is -0.352 e. The number of hydrogen-bond acceptors (Lipinski definition) is 1. The Bertz CT molecular complexity index is 141. The molecule has 0 aliphatic rings. The van der Waals surface area contributed by atoms with Gasteiger partial charge in [0.15, 0.2) is 0 Å². The highest BCUT2D eigenvalue weighted by Crippen LogP contribution is 2.13. The first-order chi connectivity index (χ1) is 4.48. The zero-order valence-corrected chi connectivity index (χ0v) is 6.48. The number of amides is 2. The molecule has 3 nitrogen and oxygen atoms in total. The van der Waals surface area contributed by atoms with E-state index < -0.39 is 6.03 Å². The van der Waals surface area contributed by atoms with E-state index in [1.54, 1.807) is 6.08 Å². The number of carbonyl (C=O) groups excluding carboxylic acids is 1. The van der Waals surface area contributed by atoms with Crippen LogP contribution in [0.1, 0.15) is 13.8 Å². The van der Waals surface area contributed by atoms with Gasteiger partial charge in [0.2, 0.25) is 0 Å². The van der Waals surface area contributed by atoms with E-state index in [1.807, 2.05) is 13.8 Å². The molecular formula is C7H14N2O. The van der Waals surface area contributed by atoms with Crippen molar-refractivity contribution in [2.24, 2.45) is 11.1 Å². The Labute approximate surface area is 61.3 Å². The fourth-order valence-corrected chi connectivity index (χ4v) is 0.387. The van der Waals surface area contributed by atoms with Crippen molar-refractivity contribution >= 4 is 6.03 Å². The minimum absolute atomic E-state index is 0.0744. The lowest BCUT2D eigenvalue weighted by Gasteiger charge is -2.18. The molecule has 0 bridgehead atoms. The molecule has 0 saturated carbocycles. The Morgan fingerprint density at radius 3 is 2.60 bits per heavy atom. The maximum Gasteiger partial charge on any atom is 0.312 e. The van der Waals surface area contributed by atoms with Crippen LogP contribution in [0.25, 0.3) is 0 Å². The highest BCUT2D eigenvalue weighted by atomic mass is 16.2. The normalized spacial score (nSPS) is 10.6. The molecule has 3 heteroatoms. The molecule has 10 heavy (non-hydrogen) atoms. The van der Waals surface area contributed by atoms with E-state index in [-0.39, 0.29) is 5.41 Å². The Hall–Kier alpha value is -0.990. The molecule has 0 aromatic heterocycles. The van der Waals surface area contributed by atoms with E-state index in [4.69, 9.17) is 5.73 Å². The van der Waals surface area contributed by atoms with Crippen LogP contribution >= 0.6 is 0 Å². The summed E-state index contributed by atoms with van der Waals surface area (Å²) in [6, 6.07) is -0.491. The number of primary amides is 1. The summed E-state index contributed by atoms with van der Waals surface area (Å²) in [6.07, 6.45) is 1.78. The van der Waals surface area contributed by atoms with Crippen LogP contribution in [0.2, 0.25) is 0 Å².